The number of hydrogen-bond donors (Lipinski definition) is 4. The van der Waals surface area contributed by atoms with Gasteiger partial charge in [-0.15, -0.1) is 0 Å². The van der Waals surface area contributed by atoms with E-state index in [2.05, 4.69) is 5.32 Å². The van der Waals surface area contributed by atoms with Gasteiger partial charge in [0.1, 0.15) is 5.75 Å². The van der Waals surface area contributed by atoms with Gasteiger partial charge in [-0.05, 0) is 24.3 Å². The molecule has 0 bridgehead atoms. The number of nitrogen functional groups attached to an aromatic ring is 1. The Morgan fingerprint density at radius 2 is 2.00 bits per heavy atom. The van der Waals surface area contributed by atoms with Crippen molar-refractivity contribution in [3.05, 3.63) is 42.0 Å². The van der Waals surface area contributed by atoms with Crippen molar-refractivity contribution in [2.24, 2.45) is 0 Å². The molecular formula is C14H14N2O4. The molecule has 2 aromatic carbocycles. The van der Waals surface area contributed by atoms with Crippen LogP contribution in [0.2, 0.25) is 0 Å². The molecule has 0 unspecified atom stereocenters. The van der Waals surface area contributed by atoms with Gasteiger partial charge in [-0.1, -0.05) is 6.07 Å². The number of phenolic OH excluding ortho intramolecular Hbond substituents is 2. The minimum Gasteiger partial charge on any atom is -0.504 e. The number of nitrogens with two attached hydrogens (primary N) is 1. The highest BCUT2D eigenvalue weighted by Gasteiger charge is 2.15. The van der Waals surface area contributed by atoms with Crippen molar-refractivity contribution in [1.29, 1.82) is 0 Å². The van der Waals surface area contributed by atoms with Gasteiger partial charge in [0.15, 0.2) is 11.5 Å². The SMILES string of the molecule is COc1ccc(N)c(NC(=O)c2cccc(O)c2O)c1. The second-order valence-corrected chi connectivity index (χ2v) is 4.08. The Hall–Kier alpha value is -2.89. The zero-order valence-corrected chi connectivity index (χ0v) is 10.8. The van der Waals surface area contributed by atoms with E-state index in [1.807, 2.05) is 0 Å². The number of benzene rings is 2. The Morgan fingerprint density at radius 1 is 1.25 bits per heavy atom. The fraction of sp³-hybridized carbons (Fsp3) is 0.0714. The van der Waals surface area contributed by atoms with E-state index < -0.39 is 11.7 Å². The minimum absolute atomic E-state index is 0.0489. The van der Waals surface area contributed by atoms with Crippen LogP contribution in [0.3, 0.4) is 0 Å². The first-order valence-corrected chi connectivity index (χ1v) is 5.78. The molecule has 0 aliphatic rings. The monoisotopic (exact) mass is 274 g/mol. The summed E-state index contributed by atoms with van der Waals surface area (Å²) < 4.78 is 5.04. The van der Waals surface area contributed by atoms with Crippen molar-refractivity contribution < 1.29 is 19.7 Å². The summed E-state index contributed by atoms with van der Waals surface area (Å²) in [5, 5.41) is 21.6. The molecule has 0 saturated heterocycles. The van der Waals surface area contributed by atoms with E-state index in [4.69, 9.17) is 10.5 Å². The van der Waals surface area contributed by atoms with E-state index in [0.717, 1.165) is 0 Å². The normalized spacial score (nSPS) is 10.1. The number of anilines is 2. The predicted molar refractivity (Wildman–Crippen MR) is 75.1 cm³/mol. The van der Waals surface area contributed by atoms with E-state index in [0.29, 0.717) is 17.1 Å². The molecule has 6 nitrogen and oxygen atoms in total. The summed E-state index contributed by atoms with van der Waals surface area (Å²) in [6, 6.07) is 8.95. The quantitative estimate of drug-likeness (QED) is 0.505. The van der Waals surface area contributed by atoms with Crippen LogP contribution in [0.15, 0.2) is 36.4 Å². The van der Waals surface area contributed by atoms with E-state index >= 15 is 0 Å². The number of carbonyl (C=O) groups excluding carboxylic acids is 1. The van der Waals surface area contributed by atoms with Crippen molar-refractivity contribution in [1.82, 2.24) is 0 Å². The average molecular weight is 274 g/mol. The largest absolute Gasteiger partial charge is 0.504 e. The molecule has 0 aliphatic carbocycles. The summed E-state index contributed by atoms with van der Waals surface area (Å²) >= 11 is 0. The summed E-state index contributed by atoms with van der Waals surface area (Å²) in [6.45, 7) is 0. The van der Waals surface area contributed by atoms with Gasteiger partial charge in [0.05, 0.1) is 24.0 Å². The number of para-hydroxylation sites is 1. The van der Waals surface area contributed by atoms with E-state index in [9.17, 15) is 15.0 Å². The summed E-state index contributed by atoms with van der Waals surface area (Å²) in [6.07, 6.45) is 0. The number of nitrogens with one attached hydrogen (secondary N) is 1. The molecule has 0 heterocycles. The summed E-state index contributed by atoms with van der Waals surface area (Å²) in [4.78, 5) is 12.1. The van der Waals surface area contributed by atoms with Crippen LogP contribution in [0.25, 0.3) is 0 Å². The smallest absolute Gasteiger partial charge is 0.259 e. The third-order valence-electron chi connectivity index (χ3n) is 2.77. The van der Waals surface area contributed by atoms with Crippen molar-refractivity contribution >= 4 is 17.3 Å². The number of methoxy groups -OCH3 is 1. The first-order valence-electron chi connectivity index (χ1n) is 5.78. The summed E-state index contributed by atoms with van der Waals surface area (Å²) in [5.74, 6) is -0.893. The molecule has 5 N–H and O–H groups in total. The molecule has 1 amide bonds. The Morgan fingerprint density at radius 3 is 2.70 bits per heavy atom. The predicted octanol–water partition coefficient (Wildman–Crippen LogP) is 1.94. The molecule has 20 heavy (non-hydrogen) atoms. The van der Waals surface area contributed by atoms with Gasteiger partial charge in [0, 0.05) is 6.07 Å². The fourth-order valence-electron chi connectivity index (χ4n) is 1.67. The molecule has 0 radical (unpaired) electrons. The highest BCUT2D eigenvalue weighted by atomic mass is 16.5. The maximum absolute atomic E-state index is 12.1. The molecule has 0 atom stereocenters. The third-order valence-corrected chi connectivity index (χ3v) is 2.77. The van der Waals surface area contributed by atoms with E-state index in [1.54, 1.807) is 18.2 Å². The van der Waals surface area contributed by atoms with Crippen LogP contribution in [0, 0.1) is 0 Å². The maximum atomic E-state index is 12.1. The second kappa shape index (κ2) is 5.40. The number of ether oxygens (including phenoxy) is 1. The van der Waals surface area contributed by atoms with Crippen LogP contribution in [0.4, 0.5) is 11.4 Å². The molecule has 6 heteroatoms. The first kappa shape index (κ1) is 13.5. The highest BCUT2D eigenvalue weighted by Crippen LogP contribution is 2.30. The lowest BCUT2D eigenvalue weighted by Crippen LogP contribution is -2.13. The van der Waals surface area contributed by atoms with Gasteiger partial charge in [-0.2, -0.15) is 0 Å². The van der Waals surface area contributed by atoms with Crippen LogP contribution in [0.1, 0.15) is 10.4 Å². The molecule has 0 aliphatic heterocycles. The maximum Gasteiger partial charge on any atom is 0.259 e. The fourth-order valence-corrected chi connectivity index (χ4v) is 1.67. The zero-order valence-electron chi connectivity index (χ0n) is 10.8. The second-order valence-electron chi connectivity index (χ2n) is 4.08. The zero-order chi connectivity index (χ0) is 14.7. The van der Waals surface area contributed by atoms with Gasteiger partial charge in [-0.3, -0.25) is 4.79 Å². The lowest BCUT2D eigenvalue weighted by Gasteiger charge is -2.11. The summed E-state index contributed by atoms with van der Waals surface area (Å²) in [7, 11) is 1.50. The lowest BCUT2D eigenvalue weighted by atomic mass is 10.1. The van der Waals surface area contributed by atoms with Crippen LogP contribution in [-0.4, -0.2) is 23.2 Å². The van der Waals surface area contributed by atoms with Crippen molar-refractivity contribution in [3.63, 3.8) is 0 Å². The van der Waals surface area contributed by atoms with Crippen molar-refractivity contribution in [3.8, 4) is 17.2 Å². The Labute approximate surface area is 115 Å². The molecule has 0 saturated carbocycles. The van der Waals surface area contributed by atoms with Gasteiger partial charge < -0.3 is 26.0 Å². The number of amides is 1. The van der Waals surface area contributed by atoms with Crippen molar-refractivity contribution in [2.45, 2.75) is 0 Å². The molecular weight excluding hydrogens is 260 g/mol. The van der Waals surface area contributed by atoms with E-state index in [1.165, 1.54) is 25.3 Å². The molecule has 2 rings (SSSR count). The van der Waals surface area contributed by atoms with Crippen LogP contribution in [0.5, 0.6) is 17.2 Å². The average Bonchev–Trinajstić information content (AvgIpc) is 2.44. The Kier molecular flexibility index (Phi) is 3.65. The molecule has 0 spiro atoms. The number of rotatable bonds is 3. The van der Waals surface area contributed by atoms with E-state index in [-0.39, 0.29) is 11.3 Å². The molecule has 0 aromatic heterocycles. The van der Waals surface area contributed by atoms with Gasteiger partial charge >= 0.3 is 0 Å². The standard InChI is InChI=1S/C14H14N2O4/c1-20-8-5-6-10(15)11(7-8)16-14(19)9-3-2-4-12(17)13(9)18/h2-7,17-18H,15H2,1H3,(H,16,19). The van der Waals surface area contributed by atoms with Crippen LogP contribution >= 0.6 is 0 Å². The lowest BCUT2D eigenvalue weighted by molar-refractivity contribution is 0.102. The molecule has 2 aromatic rings. The summed E-state index contributed by atoms with van der Waals surface area (Å²) in [5.41, 5.74) is 6.43. The highest BCUT2D eigenvalue weighted by molar-refractivity contribution is 6.08. The van der Waals surface area contributed by atoms with Crippen LogP contribution in [-0.2, 0) is 0 Å². The number of carbonyl (C=O) groups is 1. The van der Waals surface area contributed by atoms with Crippen LogP contribution < -0.4 is 15.8 Å². The molecule has 0 fully saturated rings. The third kappa shape index (κ3) is 2.59. The molecule has 104 valence electrons. The number of aromatic hydroxyl groups is 2. The number of hydrogen-bond acceptors (Lipinski definition) is 5. The van der Waals surface area contributed by atoms with Crippen molar-refractivity contribution in [2.75, 3.05) is 18.2 Å². The minimum atomic E-state index is -0.585. The van der Waals surface area contributed by atoms with Gasteiger partial charge in [0.25, 0.3) is 5.91 Å². The van der Waals surface area contributed by atoms with Gasteiger partial charge in [-0.25, -0.2) is 0 Å². The number of phenols is 2. The first-order chi connectivity index (χ1) is 9.52. The Bertz CT molecular complexity index is 656. The Balaban J connectivity index is 2.30. The topological polar surface area (TPSA) is 105 Å². The van der Waals surface area contributed by atoms with Gasteiger partial charge in [0.2, 0.25) is 0 Å².